The van der Waals surface area contributed by atoms with Crippen LogP contribution < -0.4 is 10.2 Å². The fourth-order valence-corrected chi connectivity index (χ4v) is 5.10. The average molecular weight is 494 g/mol. The lowest BCUT2D eigenvalue weighted by Crippen LogP contribution is -2.36. The van der Waals surface area contributed by atoms with Crippen molar-refractivity contribution in [3.8, 4) is 11.3 Å². The van der Waals surface area contributed by atoms with Gasteiger partial charge in [-0.15, -0.1) is 11.3 Å². The highest BCUT2D eigenvalue weighted by molar-refractivity contribution is 7.14. The number of hydrogen-bond acceptors (Lipinski definition) is 6. The lowest BCUT2D eigenvalue weighted by atomic mass is 10.1. The molecule has 2 aromatic heterocycles. The lowest BCUT2D eigenvalue weighted by Gasteiger charge is -2.26. The number of aryl methyl sites for hydroxylation is 1. The number of morpholine rings is 1. The number of nitrogens with zero attached hydrogens (tertiary/aromatic N) is 4. The number of carbonyl (C=O) groups is 1. The summed E-state index contributed by atoms with van der Waals surface area (Å²) in [5.41, 5.74) is 4.64. The van der Waals surface area contributed by atoms with Gasteiger partial charge in [0.2, 0.25) is 0 Å². The molecule has 0 aliphatic carbocycles. The SMILES string of the molecule is Cc1nn(Cc2ccccc2)c(Cl)c1C(=O)Nc1ccc(-c2csc(N3CCOCC3)n2)cc1. The zero-order valence-corrected chi connectivity index (χ0v) is 20.3. The van der Waals surface area contributed by atoms with E-state index in [2.05, 4.69) is 20.7 Å². The highest BCUT2D eigenvalue weighted by Gasteiger charge is 2.21. The molecule has 1 saturated heterocycles. The summed E-state index contributed by atoms with van der Waals surface area (Å²) in [6.07, 6.45) is 0. The van der Waals surface area contributed by atoms with Crippen molar-refractivity contribution in [2.45, 2.75) is 13.5 Å². The van der Waals surface area contributed by atoms with Crippen molar-refractivity contribution in [3.63, 3.8) is 0 Å². The summed E-state index contributed by atoms with van der Waals surface area (Å²) in [5.74, 6) is -0.280. The van der Waals surface area contributed by atoms with Crippen molar-refractivity contribution in [3.05, 3.63) is 82.0 Å². The molecule has 34 heavy (non-hydrogen) atoms. The van der Waals surface area contributed by atoms with Gasteiger partial charge in [-0.25, -0.2) is 9.67 Å². The van der Waals surface area contributed by atoms with E-state index < -0.39 is 0 Å². The van der Waals surface area contributed by atoms with Crippen molar-refractivity contribution >= 4 is 39.7 Å². The number of ether oxygens (including phenoxy) is 1. The van der Waals surface area contributed by atoms with Gasteiger partial charge in [-0.1, -0.05) is 54.1 Å². The number of halogens is 1. The Balaban J connectivity index is 1.27. The largest absolute Gasteiger partial charge is 0.378 e. The second-order valence-electron chi connectivity index (χ2n) is 8.04. The number of aromatic nitrogens is 3. The number of carbonyl (C=O) groups excluding carboxylic acids is 1. The Morgan fingerprint density at radius 1 is 1.12 bits per heavy atom. The first kappa shape index (κ1) is 22.6. The van der Waals surface area contributed by atoms with Crippen LogP contribution in [0.5, 0.6) is 0 Å². The lowest BCUT2D eigenvalue weighted by molar-refractivity contribution is 0.102. The van der Waals surface area contributed by atoms with Crippen molar-refractivity contribution in [1.82, 2.24) is 14.8 Å². The summed E-state index contributed by atoms with van der Waals surface area (Å²) >= 11 is 8.17. The molecule has 1 amide bonds. The van der Waals surface area contributed by atoms with Gasteiger partial charge in [0, 0.05) is 29.7 Å². The highest BCUT2D eigenvalue weighted by atomic mass is 35.5. The number of benzene rings is 2. The van der Waals surface area contributed by atoms with Gasteiger partial charge in [0.1, 0.15) is 5.15 Å². The molecule has 3 heterocycles. The standard InChI is InChI=1S/C25H24ClN5O2S/c1-17-22(23(26)31(29-17)15-18-5-3-2-4-6-18)24(32)27-20-9-7-19(8-10-20)21-16-34-25(28-21)30-11-13-33-14-12-30/h2-10,16H,11-15H2,1H3,(H,27,32). The Hall–Kier alpha value is -3.20. The van der Waals surface area contributed by atoms with E-state index in [4.69, 9.17) is 21.3 Å². The van der Waals surface area contributed by atoms with E-state index in [1.54, 1.807) is 22.9 Å². The Bertz CT molecular complexity index is 1280. The summed E-state index contributed by atoms with van der Waals surface area (Å²) in [6, 6.07) is 17.6. The van der Waals surface area contributed by atoms with Gasteiger partial charge >= 0.3 is 0 Å². The maximum Gasteiger partial charge on any atom is 0.260 e. The predicted molar refractivity (Wildman–Crippen MR) is 136 cm³/mol. The van der Waals surface area contributed by atoms with Crippen LogP contribution in [0, 0.1) is 6.92 Å². The molecule has 0 radical (unpaired) electrons. The van der Waals surface area contributed by atoms with E-state index in [-0.39, 0.29) is 5.91 Å². The molecule has 7 nitrogen and oxygen atoms in total. The van der Waals surface area contributed by atoms with Crippen LogP contribution in [-0.2, 0) is 11.3 Å². The molecular weight excluding hydrogens is 470 g/mol. The fraction of sp³-hybridized carbons (Fsp3) is 0.240. The van der Waals surface area contributed by atoms with Gasteiger partial charge in [-0.05, 0) is 24.6 Å². The predicted octanol–water partition coefficient (Wildman–Crippen LogP) is 5.11. The maximum absolute atomic E-state index is 13.0. The molecule has 9 heteroatoms. The van der Waals surface area contributed by atoms with Gasteiger partial charge < -0.3 is 15.0 Å². The molecule has 0 bridgehead atoms. The zero-order valence-electron chi connectivity index (χ0n) is 18.7. The number of nitrogens with one attached hydrogen (secondary N) is 1. The molecule has 1 fully saturated rings. The van der Waals surface area contributed by atoms with Gasteiger partial charge in [-0.2, -0.15) is 5.10 Å². The molecule has 5 rings (SSSR count). The Labute approximate surface area is 207 Å². The molecular formula is C25H24ClN5O2S. The Kier molecular flexibility index (Phi) is 6.62. The molecule has 0 saturated carbocycles. The summed E-state index contributed by atoms with van der Waals surface area (Å²) in [5, 5.41) is 10.8. The van der Waals surface area contributed by atoms with E-state index >= 15 is 0 Å². The second-order valence-corrected chi connectivity index (χ2v) is 9.24. The topological polar surface area (TPSA) is 72.3 Å². The summed E-state index contributed by atoms with van der Waals surface area (Å²) in [6.45, 7) is 5.49. The fourth-order valence-electron chi connectivity index (χ4n) is 3.89. The normalized spacial score (nSPS) is 13.8. The van der Waals surface area contributed by atoms with Gasteiger partial charge in [0.15, 0.2) is 5.13 Å². The Morgan fingerprint density at radius 2 is 1.85 bits per heavy atom. The quantitative estimate of drug-likeness (QED) is 0.404. The van der Waals surface area contributed by atoms with Crippen molar-refractivity contribution in [2.24, 2.45) is 0 Å². The van der Waals surface area contributed by atoms with Crippen molar-refractivity contribution < 1.29 is 9.53 Å². The van der Waals surface area contributed by atoms with Gasteiger partial charge in [0.05, 0.1) is 36.7 Å². The molecule has 0 unspecified atom stereocenters. The summed E-state index contributed by atoms with van der Waals surface area (Å²) in [4.78, 5) is 20.0. The van der Waals surface area contributed by atoms with Crippen molar-refractivity contribution in [1.29, 1.82) is 0 Å². The van der Waals surface area contributed by atoms with Gasteiger partial charge in [0.25, 0.3) is 5.91 Å². The van der Waals surface area contributed by atoms with Crippen LogP contribution in [-0.4, -0.2) is 47.0 Å². The molecule has 2 aromatic carbocycles. The third-order valence-corrected chi connectivity index (χ3v) is 6.97. The molecule has 1 aliphatic rings. The van der Waals surface area contributed by atoms with E-state index in [9.17, 15) is 4.79 Å². The van der Waals surface area contributed by atoms with Crippen molar-refractivity contribution in [2.75, 3.05) is 36.5 Å². The van der Waals surface area contributed by atoms with Crippen LogP contribution in [0.3, 0.4) is 0 Å². The third-order valence-electron chi connectivity index (χ3n) is 5.68. The van der Waals surface area contributed by atoms with E-state index in [1.165, 1.54) is 0 Å². The molecule has 0 atom stereocenters. The molecule has 174 valence electrons. The summed E-state index contributed by atoms with van der Waals surface area (Å²) in [7, 11) is 0. The Morgan fingerprint density at radius 3 is 2.59 bits per heavy atom. The first-order valence-electron chi connectivity index (χ1n) is 11.1. The van der Waals surface area contributed by atoms with E-state index in [0.29, 0.717) is 28.6 Å². The number of thiazole rings is 1. The minimum Gasteiger partial charge on any atom is -0.378 e. The van der Waals surface area contributed by atoms with Crippen LogP contribution in [0.1, 0.15) is 21.6 Å². The molecule has 0 spiro atoms. The number of rotatable bonds is 6. The van der Waals surface area contributed by atoms with Crippen LogP contribution in [0.25, 0.3) is 11.3 Å². The minimum atomic E-state index is -0.280. The number of amides is 1. The molecule has 1 N–H and O–H groups in total. The maximum atomic E-state index is 13.0. The monoisotopic (exact) mass is 493 g/mol. The number of anilines is 2. The van der Waals surface area contributed by atoms with E-state index in [1.807, 2.05) is 54.6 Å². The van der Waals surface area contributed by atoms with Crippen LogP contribution in [0.2, 0.25) is 5.15 Å². The average Bonchev–Trinajstić information content (AvgIpc) is 3.46. The second kappa shape index (κ2) is 9.97. The van der Waals surface area contributed by atoms with Crippen LogP contribution in [0.15, 0.2) is 60.0 Å². The van der Waals surface area contributed by atoms with Gasteiger partial charge in [-0.3, -0.25) is 4.79 Å². The van der Waals surface area contributed by atoms with Crippen LogP contribution >= 0.6 is 22.9 Å². The van der Waals surface area contributed by atoms with Crippen LogP contribution in [0.4, 0.5) is 10.8 Å². The first-order chi connectivity index (χ1) is 16.6. The summed E-state index contributed by atoms with van der Waals surface area (Å²) < 4.78 is 7.07. The smallest absolute Gasteiger partial charge is 0.260 e. The minimum absolute atomic E-state index is 0.280. The molecule has 4 aromatic rings. The zero-order chi connectivity index (χ0) is 23.5. The molecule has 1 aliphatic heterocycles. The highest BCUT2D eigenvalue weighted by Crippen LogP contribution is 2.29. The van der Waals surface area contributed by atoms with E-state index in [0.717, 1.165) is 48.3 Å². The number of hydrogen-bond donors (Lipinski definition) is 1. The first-order valence-corrected chi connectivity index (χ1v) is 12.3. The third kappa shape index (κ3) is 4.84.